The van der Waals surface area contributed by atoms with Gasteiger partial charge in [-0.1, -0.05) is 0 Å². The molecule has 0 bridgehead atoms. The van der Waals surface area contributed by atoms with Gasteiger partial charge in [-0.15, -0.1) is 0 Å². The highest BCUT2D eigenvalue weighted by molar-refractivity contribution is 5.77. The fraction of sp³-hybridized carbons (Fsp3) is 0.167. The number of carbonyl (C=O) groups is 1. The molecule has 0 aliphatic heterocycles. The lowest BCUT2D eigenvalue weighted by atomic mass is 10.2. The molecule has 0 saturated heterocycles. The van der Waals surface area contributed by atoms with Crippen molar-refractivity contribution in [3.63, 3.8) is 0 Å². The molecule has 0 spiro atoms. The fourth-order valence-electron chi connectivity index (χ4n) is 1.47. The molecule has 0 saturated carbocycles. The predicted molar refractivity (Wildman–Crippen MR) is 64.1 cm³/mol. The van der Waals surface area contributed by atoms with Crippen LogP contribution in [0.25, 0.3) is 11.3 Å². The average Bonchev–Trinajstić information content (AvgIpc) is 2.87. The number of aromatic nitrogens is 2. The van der Waals surface area contributed by atoms with Crippen LogP contribution in [0.2, 0.25) is 0 Å². The van der Waals surface area contributed by atoms with Crippen molar-refractivity contribution in [3.8, 4) is 17.0 Å². The maximum atomic E-state index is 11.4. The lowest BCUT2D eigenvalue weighted by molar-refractivity contribution is 0.244. The number of hydrogen-bond donors (Lipinski definition) is 1. The lowest BCUT2D eigenvalue weighted by Crippen LogP contribution is -2.22. The van der Waals surface area contributed by atoms with Crippen LogP contribution in [0.4, 0.5) is 4.79 Å². The molecule has 0 radical (unpaired) electrons. The lowest BCUT2D eigenvalue weighted by Gasteiger charge is -2.00. The number of nitrogens with one attached hydrogen (secondary N) is 1. The summed E-state index contributed by atoms with van der Waals surface area (Å²) < 4.78 is 6.48. The number of ether oxygens (including phenoxy) is 1. The SMILES string of the molecule is CNC(=O)n1cnc(-c2ccc(OC)cc2)c1. The monoisotopic (exact) mass is 231 g/mol. The number of methoxy groups -OCH3 is 1. The summed E-state index contributed by atoms with van der Waals surface area (Å²) in [7, 11) is 3.20. The summed E-state index contributed by atoms with van der Waals surface area (Å²) in [6, 6.07) is 7.30. The first-order valence-corrected chi connectivity index (χ1v) is 5.15. The summed E-state index contributed by atoms with van der Waals surface area (Å²) >= 11 is 0. The zero-order valence-electron chi connectivity index (χ0n) is 9.68. The first kappa shape index (κ1) is 11.2. The fourth-order valence-corrected chi connectivity index (χ4v) is 1.47. The summed E-state index contributed by atoms with van der Waals surface area (Å²) in [5, 5.41) is 2.53. The standard InChI is InChI=1S/C12H13N3O2/c1-13-12(16)15-7-11(14-8-15)9-3-5-10(17-2)6-4-9/h3-8H,1-2H3,(H,13,16). The summed E-state index contributed by atoms with van der Waals surface area (Å²) in [6.45, 7) is 0. The molecule has 0 unspecified atom stereocenters. The summed E-state index contributed by atoms with van der Waals surface area (Å²) in [4.78, 5) is 15.5. The number of nitrogens with zero attached hydrogens (tertiary/aromatic N) is 2. The third kappa shape index (κ3) is 2.28. The Morgan fingerprint density at radius 2 is 2.06 bits per heavy atom. The van der Waals surface area contributed by atoms with E-state index in [0.717, 1.165) is 17.0 Å². The largest absolute Gasteiger partial charge is 0.497 e. The molecule has 0 atom stereocenters. The molecule has 5 heteroatoms. The van der Waals surface area contributed by atoms with E-state index in [4.69, 9.17) is 4.74 Å². The van der Waals surface area contributed by atoms with Crippen molar-refractivity contribution >= 4 is 6.03 Å². The van der Waals surface area contributed by atoms with Crippen molar-refractivity contribution in [1.82, 2.24) is 14.9 Å². The zero-order valence-corrected chi connectivity index (χ0v) is 9.68. The van der Waals surface area contributed by atoms with E-state index < -0.39 is 0 Å². The van der Waals surface area contributed by atoms with Crippen LogP contribution in [-0.2, 0) is 0 Å². The molecule has 0 aliphatic rings. The first-order valence-electron chi connectivity index (χ1n) is 5.15. The molecule has 0 aliphatic carbocycles. The Hall–Kier alpha value is -2.30. The van der Waals surface area contributed by atoms with E-state index in [1.807, 2.05) is 24.3 Å². The maximum absolute atomic E-state index is 11.4. The highest BCUT2D eigenvalue weighted by atomic mass is 16.5. The molecule has 1 aromatic heterocycles. The van der Waals surface area contributed by atoms with Crippen LogP contribution in [0.5, 0.6) is 5.75 Å². The van der Waals surface area contributed by atoms with Crippen molar-refractivity contribution in [3.05, 3.63) is 36.8 Å². The Morgan fingerprint density at radius 3 is 2.65 bits per heavy atom. The molecule has 5 nitrogen and oxygen atoms in total. The van der Waals surface area contributed by atoms with E-state index in [1.54, 1.807) is 20.4 Å². The normalized spacial score (nSPS) is 10.0. The molecular weight excluding hydrogens is 218 g/mol. The Morgan fingerprint density at radius 1 is 1.35 bits per heavy atom. The number of hydrogen-bond acceptors (Lipinski definition) is 3. The second-order valence-corrected chi connectivity index (χ2v) is 3.45. The highest BCUT2D eigenvalue weighted by Crippen LogP contribution is 2.20. The topological polar surface area (TPSA) is 56.2 Å². The third-order valence-corrected chi connectivity index (χ3v) is 2.42. The molecule has 2 rings (SSSR count). The van der Waals surface area contributed by atoms with E-state index >= 15 is 0 Å². The van der Waals surface area contributed by atoms with Crippen molar-refractivity contribution in [2.45, 2.75) is 0 Å². The minimum absolute atomic E-state index is 0.211. The van der Waals surface area contributed by atoms with Gasteiger partial charge in [0, 0.05) is 18.8 Å². The second kappa shape index (κ2) is 4.69. The number of carbonyl (C=O) groups excluding carboxylic acids is 1. The minimum Gasteiger partial charge on any atom is -0.497 e. The molecule has 2 aromatic rings. The van der Waals surface area contributed by atoms with Crippen LogP contribution in [0, 0.1) is 0 Å². The van der Waals surface area contributed by atoms with Gasteiger partial charge in [-0.2, -0.15) is 0 Å². The smallest absolute Gasteiger partial charge is 0.326 e. The van der Waals surface area contributed by atoms with Gasteiger partial charge < -0.3 is 10.1 Å². The number of imidazole rings is 1. The molecule has 1 aromatic carbocycles. The molecule has 1 N–H and O–H groups in total. The van der Waals surface area contributed by atoms with Crippen molar-refractivity contribution in [2.24, 2.45) is 0 Å². The van der Waals surface area contributed by atoms with Gasteiger partial charge in [0.15, 0.2) is 0 Å². The number of amides is 1. The Labute approximate surface area is 99.0 Å². The van der Waals surface area contributed by atoms with Crippen LogP contribution in [0.1, 0.15) is 0 Å². The van der Waals surface area contributed by atoms with E-state index in [0.29, 0.717) is 0 Å². The van der Waals surface area contributed by atoms with Gasteiger partial charge in [-0.3, -0.25) is 4.57 Å². The zero-order chi connectivity index (χ0) is 12.3. The van der Waals surface area contributed by atoms with Crippen molar-refractivity contribution in [1.29, 1.82) is 0 Å². The van der Waals surface area contributed by atoms with Crippen LogP contribution in [0.3, 0.4) is 0 Å². The molecule has 0 fully saturated rings. The van der Waals surface area contributed by atoms with E-state index in [9.17, 15) is 4.79 Å². The van der Waals surface area contributed by atoms with Crippen molar-refractivity contribution in [2.75, 3.05) is 14.2 Å². The summed E-state index contributed by atoms with van der Waals surface area (Å²) in [5.41, 5.74) is 1.68. The van der Waals surface area contributed by atoms with Gasteiger partial charge >= 0.3 is 6.03 Å². The number of benzene rings is 1. The van der Waals surface area contributed by atoms with Crippen molar-refractivity contribution < 1.29 is 9.53 Å². The average molecular weight is 231 g/mol. The molecule has 17 heavy (non-hydrogen) atoms. The maximum Gasteiger partial charge on any atom is 0.326 e. The van der Waals surface area contributed by atoms with Gasteiger partial charge in [0.2, 0.25) is 0 Å². The van der Waals surface area contributed by atoms with Crippen LogP contribution >= 0.6 is 0 Å². The van der Waals surface area contributed by atoms with E-state index in [-0.39, 0.29) is 6.03 Å². The highest BCUT2D eigenvalue weighted by Gasteiger charge is 2.06. The first-order chi connectivity index (χ1) is 8.24. The summed E-state index contributed by atoms with van der Waals surface area (Å²) in [6.07, 6.45) is 3.17. The quantitative estimate of drug-likeness (QED) is 0.856. The Bertz CT molecular complexity index is 517. The Kier molecular flexibility index (Phi) is 3.09. The minimum atomic E-state index is -0.211. The third-order valence-electron chi connectivity index (χ3n) is 2.42. The van der Waals surface area contributed by atoms with Gasteiger partial charge in [0.05, 0.1) is 12.8 Å². The van der Waals surface area contributed by atoms with Gasteiger partial charge in [0.1, 0.15) is 12.1 Å². The number of rotatable bonds is 2. The van der Waals surface area contributed by atoms with Crippen LogP contribution < -0.4 is 10.1 Å². The molecule has 88 valence electrons. The molecule has 1 amide bonds. The van der Waals surface area contributed by atoms with Gasteiger partial charge in [-0.25, -0.2) is 9.78 Å². The van der Waals surface area contributed by atoms with Gasteiger partial charge in [-0.05, 0) is 24.3 Å². The molecule has 1 heterocycles. The van der Waals surface area contributed by atoms with Crippen LogP contribution in [-0.4, -0.2) is 29.7 Å². The van der Waals surface area contributed by atoms with E-state index in [2.05, 4.69) is 10.3 Å². The van der Waals surface area contributed by atoms with Crippen LogP contribution in [0.15, 0.2) is 36.8 Å². The second-order valence-electron chi connectivity index (χ2n) is 3.45. The summed E-state index contributed by atoms with van der Waals surface area (Å²) in [5.74, 6) is 0.791. The Balaban J connectivity index is 2.27. The predicted octanol–water partition coefficient (Wildman–Crippen LogP) is 1.75. The molecular formula is C12H13N3O2. The van der Waals surface area contributed by atoms with E-state index in [1.165, 1.54) is 10.9 Å². The van der Waals surface area contributed by atoms with Gasteiger partial charge in [0.25, 0.3) is 0 Å².